The van der Waals surface area contributed by atoms with Crippen LogP contribution in [0.25, 0.3) is 0 Å². The maximum Gasteiger partial charge on any atom is 0.122 e. The van der Waals surface area contributed by atoms with Gasteiger partial charge in [0.1, 0.15) is 5.75 Å². The van der Waals surface area contributed by atoms with Gasteiger partial charge in [-0.2, -0.15) is 0 Å². The van der Waals surface area contributed by atoms with Crippen molar-refractivity contribution in [3.8, 4) is 5.75 Å². The summed E-state index contributed by atoms with van der Waals surface area (Å²) in [5.41, 5.74) is 0.310. The highest BCUT2D eigenvalue weighted by molar-refractivity contribution is 6.30. The van der Waals surface area contributed by atoms with Gasteiger partial charge in [-0.25, -0.2) is 0 Å². The van der Waals surface area contributed by atoms with Gasteiger partial charge in [-0.05, 0) is 43.0 Å². The molecule has 2 rings (SSSR count). The predicted octanol–water partition coefficient (Wildman–Crippen LogP) is 3.44. The second-order valence-electron chi connectivity index (χ2n) is 5.28. The van der Waals surface area contributed by atoms with E-state index < -0.39 is 5.60 Å². The van der Waals surface area contributed by atoms with Crippen LogP contribution in [0.2, 0.25) is 5.02 Å². The third kappa shape index (κ3) is 3.62. The Morgan fingerprint density at radius 1 is 1.47 bits per heavy atom. The summed E-state index contributed by atoms with van der Waals surface area (Å²) >= 11 is 5.98. The van der Waals surface area contributed by atoms with Crippen molar-refractivity contribution in [3.05, 3.63) is 28.8 Å². The van der Waals surface area contributed by atoms with Gasteiger partial charge in [0.25, 0.3) is 0 Å². The van der Waals surface area contributed by atoms with E-state index in [4.69, 9.17) is 16.3 Å². The van der Waals surface area contributed by atoms with E-state index in [2.05, 4.69) is 0 Å². The van der Waals surface area contributed by atoms with Gasteiger partial charge in [0.15, 0.2) is 0 Å². The molecule has 0 spiro atoms. The van der Waals surface area contributed by atoms with Crippen LogP contribution in [-0.4, -0.2) is 17.8 Å². The molecule has 1 atom stereocenters. The Balaban J connectivity index is 2.12. The van der Waals surface area contributed by atoms with Crippen LogP contribution >= 0.6 is 11.6 Å². The first kappa shape index (κ1) is 12.7. The van der Waals surface area contributed by atoms with Gasteiger partial charge in [0.05, 0.1) is 12.7 Å². The number of rotatable bonds is 5. The van der Waals surface area contributed by atoms with Crippen LogP contribution in [-0.2, 0) is 6.42 Å². The standard InChI is InChI=1S/C14H19ClO2/c1-14(16,8-10-3-4-10)9-11-7-12(15)5-6-13(11)17-2/h5-7,10,16H,3-4,8-9H2,1-2H3. The molecule has 0 heterocycles. The van der Waals surface area contributed by atoms with Crippen LogP contribution in [0, 0.1) is 5.92 Å². The molecule has 1 aliphatic carbocycles. The second-order valence-corrected chi connectivity index (χ2v) is 5.71. The summed E-state index contributed by atoms with van der Waals surface area (Å²) in [4.78, 5) is 0. The molecule has 1 fully saturated rings. The van der Waals surface area contributed by atoms with Crippen LogP contribution in [0.3, 0.4) is 0 Å². The topological polar surface area (TPSA) is 29.5 Å². The number of ether oxygens (including phenoxy) is 1. The molecule has 1 saturated carbocycles. The Bertz CT molecular complexity index is 397. The van der Waals surface area contributed by atoms with Gasteiger partial charge in [-0.15, -0.1) is 0 Å². The van der Waals surface area contributed by atoms with Crippen molar-refractivity contribution in [2.75, 3.05) is 7.11 Å². The lowest BCUT2D eigenvalue weighted by Crippen LogP contribution is -2.28. The van der Waals surface area contributed by atoms with Crippen LogP contribution in [0.1, 0.15) is 31.7 Å². The summed E-state index contributed by atoms with van der Waals surface area (Å²) in [5, 5.41) is 11.1. The molecule has 17 heavy (non-hydrogen) atoms. The largest absolute Gasteiger partial charge is 0.496 e. The maximum absolute atomic E-state index is 10.4. The van der Waals surface area contributed by atoms with Gasteiger partial charge in [0.2, 0.25) is 0 Å². The van der Waals surface area contributed by atoms with Crippen molar-refractivity contribution in [1.29, 1.82) is 0 Å². The maximum atomic E-state index is 10.4. The normalized spacial score (nSPS) is 18.8. The third-order valence-electron chi connectivity index (χ3n) is 3.24. The molecule has 0 bridgehead atoms. The summed E-state index contributed by atoms with van der Waals surface area (Å²) in [7, 11) is 1.64. The highest BCUT2D eigenvalue weighted by Crippen LogP contribution is 2.38. The van der Waals surface area contributed by atoms with Gasteiger partial charge < -0.3 is 9.84 Å². The first-order valence-corrected chi connectivity index (χ1v) is 6.43. The Morgan fingerprint density at radius 3 is 2.76 bits per heavy atom. The lowest BCUT2D eigenvalue weighted by Gasteiger charge is -2.24. The van der Waals surface area contributed by atoms with E-state index in [9.17, 15) is 5.11 Å². The number of methoxy groups -OCH3 is 1. The molecule has 94 valence electrons. The predicted molar refractivity (Wildman–Crippen MR) is 69.7 cm³/mol. The minimum absolute atomic E-state index is 0.591. The first-order chi connectivity index (χ1) is 8.00. The number of halogens is 1. The van der Waals surface area contributed by atoms with Crippen molar-refractivity contribution >= 4 is 11.6 Å². The van der Waals surface area contributed by atoms with Crippen molar-refractivity contribution in [2.24, 2.45) is 5.92 Å². The molecule has 1 N–H and O–H groups in total. The van der Waals surface area contributed by atoms with Gasteiger partial charge >= 0.3 is 0 Å². The van der Waals surface area contributed by atoms with Gasteiger partial charge in [-0.1, -0.05) is 24.4 Å². The molecule has 0 aromatic heterocycles. The monoisotopic (exact) mass is 254 g/mol. The van der Waals surface area contributed by atoms with E-state index in [0.717, 1.165) is 17.7 Å². The first-order valence-electron chi connectivity index (χ1n) is 6.05. The number of aliphatic hydroxyl groups is 1. The number of hydrogen-bond acceptors (Lipinski definition) is 2. The summed E-state index contributed by atoms with van der Waals surface area (Å²) < 4.78 is 5.30. The zero-order valence-electron chi connectivity index (χ0n) is 10.4. The molecule has 1 aliphatic rings. The summed E-state index contributed by atoms with van der Waals surface area (Å²) in [6, 6.07) is 5.53. The Hall–Kier alpha value is -0.730. The summed E-state index contributed by atoms with van der Waals surface area (Å²) in [5.74, 6) is 1.50. The third-order valence-corrected chi connectivity index (χ3v) is 3.47. The van der Waals surface area contributed by atoms with Crippen LogP contribution < -0.4 is 4.74 Å². The Labute approximate surface area is 108 Å². The molecule has 2 nitrogen and oxygen atoms in total. The van der Waals surface area contributed by atoms with Crippen molar-refractivity contribution in [2.45, 2.75) is 38.2 Å². The molecule has 0 amide bonds. The molecule has 1 aromatic carbocycles. The molecule has 1 unspecified atom stereocenters. The molecule has 0 radical (unpaired) electrons. The van der Waals surface area contributed by atoms with Gasteiger partial charge in [0, 0.05) is 11.4 Å². The fraction of sp³-hybridized carbons (Fsp3) is 0.571. The van der Waals surface area contributed by atoms with E-state index in [1.807, 2.05) is 19.1 Å². The zero-order chi connectivity index (χ0) is 12.5. The van der Waals surface area contributed by atoms with Crippen molar-refractivity contribution in [1.82, 2.24) is 0 Å². The quantitative estimate of drug-likeness (QED) is 0.872. The minimum atomic E-state index is -0.668. The molecule has 0 aliphatic heterocycles. The van der Waals surface area contributed by atoms with Crippen LogP contribution in [0.5, 0.6) is 5.75 Å². The number of benzene rings is 1. The van der Waals surface area contributed by atoms with E-state index in [0.29, 0.717) is 17.4 Å². The van der Waals surface area contributed by atoms with E-state index in [1.54, 1.807) is 13.2 Å². The summed E-state index contributed by atoms with van der Waals surface area (Å²) in [6.45, 7) is 1.89. The van der Waals surface area contributed by atoms with E-state index in [-0.39, 0.29) is 0 Å². The molecule has 3 heteroatoms. The second kappa shape index (κ2) is 4.87. The minimum Gasteiger partial charge on any atom is -0.496 e. The summed E-state index contributed by atoms with van der Waals surface area (Å²) in [6.07, 6.45) is 3.96. The van der Waals surface area contributed by atoms with E-state index in [1.165, 1.54) is 12.8 Å². The van der Waals surface area contributed by atoms with Crippen molar-refractivity contribution < 1.29 is 9.84 Å². The highest BCUT2D eigenvalue weighted by atomic mass is 35.5. The Kier molecular flexibility index (Phi) is 3.64. The highest BCUT2D eigenvalue weighted by Gasteiger charge is 2.32. The lowest BCUT2D eigenvalue weighted by atomic mass is 9.91. The SMILES string of the molecule is COc1ccc(Cl)cc1CC(C)(O)CC1CC1. The molecule has 0 saturated heterocycles. The smallest absolute Gasteiger partial charge is 0.122 e. The van der Waals surface area contributed by atoms with E-state index >= 15 is 0 Å². The molecule has 1 aromatic rings. The lowest BCUT2D eigenvalue weighted by molar-refractivity contribution is 0.0449. The van der Waals surface area contributed by atoms with Crippen molar-refractivity contribution in [3.63, 3.8) is 0 Å². The van der Waals surface area contributed by atoms with Gasteiger partial charge in [-0.3, -0.25) is 0 Å². The number of hydrogen-bond donors (Lipinski definition) is 1. The fourth-order valence-corrected chi connectivity index (χ4v) is 2.51. The van der Waals surface area contributed by atoms with Crippen LogP contribution in [0.15, 0.2) is 18.2 Å². The Morgan fingerprint density at radius 2 is 2.18 bits per heavy atom. The molecular formula is C14H19ClO2. The fourth-order valence-electron chi connectivity index (χ4n) is 2.31. The average Bonchev–Trinajstić information content (AvgIpc) is 3.00. The molecular weight excluding hydrogens is 236 g/mol. The average molecular weight is 255 g/mol. The zero-order valence-corrected chi connectivity index (χ0v) is 11.1. The van der Waals surface area contributed by atoms with Crippen LogP contribution in [0.4, 0.5) is 0 Å².